The Morgan fingerprint density at radius 2 is 2.23 bits per heavy atom. The summed E-state index contributed by atoms with van der Waals surface area (Å²) in [6.45, 7) is 0.0693. The van der Waals surface area contributed by atoms with Crippen molar-refractivity contribution >= 4 is 43.0 Å². The summed E-state index contributed by atoms with van der Waals surface area (Å²) in [6, 6.07) is 5.75. The number of hydrogen-bond acceptors (Lipinski definition) is 3. The minimum atomic E-state index is 0.0693. The summed E-state index contributed by atoms with van der Waals surface area (Å²) in [5.41, 5.74) is 6.41. The molecule has 1 aromatic carbocycles. The first-order valence-corrected chi connectivity index (χ1v) is 5.40. The average Bonchev–Trinajstić information content (AvgIpc) is 2.44. The van der Waals surface area contributed by atoms with E-state index in [0.29, 0.717) is 0 Å². The van der Waals surface area contributed by atoms with Gasteiger partial charge in [-0.25, -0.2) is 0 Å². The molecule has 0 fully saturated rings. The maximum atomic E-state index is 9.04. The van der Waals surface area contributed by atoms with E-state index in [-0.39, 0.29) is 6.61 Å². The van der Waals surface area contributed by atoms with Gasteiger partial charge in [-0.3, -0.25) is 0 Å². The third-order valence-corrected chi connectivity index (χ3v) is 4.19. The molecule has 4 heteroatoms. The first-order chi connectivity index (χ1) is 6.22. The summed E-state index contributed by atoms with van der Waals surface area (Å²) in [5.74, 6) is 0. The van der Waals surface area contributed by atoms with Crippen LogP contribution in [0.2, 0.25) is 0 Å². The Labute approximate surface area is 88.1 Å². The summed E-state index contributed by atoms with van der Waals surface area (Å²) < 4.78 is 2.10. The van der Waals surface area contributed by atoms with Gasteiger partial charge in [0.1, 0.15) is 0 Å². The van der Waals surface area contributed by atoms with Crippen LogP contribution in [0.5, 0.6) is 0 Å². The van der Waals surface area contributed by atoms with Gasteiger partial charge in [-0.1, -0.05) is 0 Å². The van der Waals surface area contributed by atoms with Crippen molar-refractivity contribution in [2.75, 3.05) is 5.73 Å². The van der Waals surface area contributed by atoms with Gasteiger partial charge in [0.25, 0.3) is 0 Å². The van der Waals surface area contributed by atoms with Gasteiger partial charge in [-0.15, -0.1) is 11.3 Å². The number of benzene rings is 1. The highest BCUT2D eigenvalue weighted by molar-refractivity contribution is 9.10. The molecule has 0 amide bonds. The fourth-order valence-corrected chi connectivity index (χ4v) is 3.00. The second-order valence-corrected chi connectivity index (χ2v) is 4.68. The molecule has 0 atom stereocenters. The van der Waals surface area contributed by atoms with Crippen LogP contribution in [0.4, 0.5) is 5.69 Å². The number of fused-ring (bicyclic) bond motifs is 1. The lowest BCUT2D eigenvalue weighted by Crippen LogP contribution is -1.81. The van der Waals surface area contributed by atoms with E-state index in [9.17, 15) is 0 Å². The number of hydrogen-bond donors (Lipinski definition) is 2. The molecule has 2 aromatic rings. The predicted molar refractivity (Wildman–Crippen MR) is 59.9 cm³/mol. The van der Waals surface area contributed by atoms with Gasteiger partial charge >= 0.3 is 0 Å². The number of thiophene rings is 1. The van der Waals surface area contributed by atoms with E-state index in [0.717, 1.165) is 25.1 Å². The molecule has 0 saturated heterocycles. The van der Waals surface area contributed by atoms with Gasteiger partial charge in [0.05, 0.1) is 6.61 Å². The molecular formula is C9H8BrNOS. The lowest BCUT2D eigenvalue weighted by Gasteiger charge is -1.93. The zero-order valence-corrected chi connectivity index (χ0v) is 9.15. The molecule has 3 N–H and O–H groups in total. The Balaban J connectivity index is 2.77. The van der Waals surface area contributed by atoms with Crippen molar-refractivity contribution in [2.45, 2.75) is 6.61 Å². The Morgan fingerprint density at radius 1 is 1.46 bits per heavy atom. The molecule has 0 aliphatic carbocycles. The minimum absolute atomic E-state index is 0.0693. The Kier molecular flexibility index (Phi) is 2.27. The Bertz CT molecular complexity index is 452. The van der Waals surface area contributed by atoms with E-state index in [1.165, 1.54) is 0 Å². The highest BCUT2D eigenvalue weighted by Gasteiger charge is 2.08. The molecule has 0 spiro atoms. The number of aliphatic hydroxyl groups excluding tert-OH is 1. The third kappa shape index (κ3) is 1.45. The number of rotatable bonds is 1. The lowest BCUT2D eigenvalue weighted by atomic mass is 10.2. The van der Waals surface area contributed by atoms with Crippen molar-refractivity contribution in [3.63, 3.8) is 0 Å². The first kappa shape index (κ1) is 8.99. The van der Waals surface area contributed by atoms with Crippen molar-refractivity contribution in [1.82, 2.24) is 0 Å². The van der Waals surface area contributed by atoms with Crippen LogP contribution in [0.15, 0.2) is 22.7 Å². The van der Waals surface area contributed by atoms with E-state index in [2.05, 4.69) is 15.9 Å². The standard InChI is InChI=1S/C9H8BrNOS/c10-9-6-3-5(11)1-2-7(6)13-8(9)4-12/h1-3,12H,4,11H2. The summed E-state index contributed by atoms with van der Waals surface area (Å²) in [4.78, 5) is 0.945. The number of halogens is 1. The maximum Gasteiger partial charge on any atom is 0.0786 e. The van der Waals surface area contributed by atoms with Crippen molar-refractivity contribution in [3.05, 3.63) is 27.5 Å². The topological polar surface area (TPSA) is 46.2 Å². The minimum Gasteiger partial charge on any atom is -0.399 e. The van der Waals surface area contributed by atoms with Crippen molar-refractivity contribution in [1.29, 1.82) is 0 Å². The van der Waals surface area contributed by atoms with Gasteiger partial charge in [-0.2, -0.15) is 0 Å². The van der Waals surface area contributed by atoms with E-state index in [4.69, 9.17) is 10.8 Å². The van der Waals surface area contributed by atoms with Crippen LogP contribution in [0.1, 0.15) is 4.88 Å². The first-order valence-electron chi connectivity index (χ1n) is 3.79. The smallest absolute Gasteiger partial charge is 0.0786 e. The molecule has 13 heavy (non-hydrogen) atoms. The third-order valence-electron chi connectivity index (χ3n) is 1.86. The average molecular weight is 258 g/mol. The molecule has 0 radical (unpaired) electrons. The highest BCUT2D eigenvalue weighted by atomic mass is 79.9. The quantitative estimate of drug-likeness (QED) is 0.772. The van der Waals surface area contributed by atoms with E-state index in [1.54, 1.807) is 11.3 Å². The number of aliphatic hydroxyl groups is 1. The number of anilines is 1. The second kappa shape index (κ2) is 3.29. The molecule has 0 aliphatic heterocycles. The molecule has 1 aromatic heterocycles. The van der Waals surface area contributed by atoms with Gasteiger partial charge in [0.2, 0.25) is 0 Å². The molecule has 68 valence electrons. The number of nitrogens with two attached hydrogens (primary N) is 1. The maximum absolute atomic E-state index is 9.04. The second-order valence-electron chi connectivity index (χ2n) is 2.75. The summed E-state index contributed by atoms with van der Waals surface area (Å²) in [7, 11) is 0. The molecule has 2 rings (SSSR count). The summed E-state index contributed by atoms with van der Waals surface area (Å²) in [6.07, 6.45) is 0. The highest BCUT2D eigenvalue weighted by Crippen LogP contribution is 2.36. The Morgan fingerprint density at radius 3 is 2.92 bits per heavy atom. The molecular weight excluding hydrogens is 250 g/mol. The molecule has 0 unspecified atom stereocenters. The van der Waals surface area contributed by atoms with E-state index < -0.39 is 0 Å². The predicted octanol–water partition coefficient (Wildman–Crippen LogP) is 2.74. The van der Waals surface area contributed by atoms with E-state index in [1.807, 2.05) is 18.2 Å². The van der Waals surface area contributed by atoms with Crippen LogP contribution < -0.4 is 5.73 Å². The Hall–Kier alpha value is -0.580. The summed E-state index contributed by atoms with van der Waals surface area (Å²) in [5, 5.41) is 10.1. The zero-order valence-electron chi connectivity index (χ0n) is 6.75. The fourth-order valence-electron chi connectivity index (χ4n) is 1.24. The van der Waals surface area contributed by atoms with Crippen LogP contribution in [-0.2, 0) is 6.61 Å². The molecule has 1 heterocycles. The number of nitrogen functional groups attached to an aromatic ring is 1. The summed E-state index contributed by atoms with van der Waals surface area (Å²) >= 11 is 5.02. The lowest BCUT2D eigenvalue weighted by molar-refractivity contribution is 0.285. The van der Waals surface area contributed by atoms with Gasteiger partial charge in [0.15, 0.2) is 0 Å². The molecule has 2 nitrogen and oxygen atoms in total. The normalized spacial score (nSPS) is 10.9. The SMILES string of the molecule is Nc1ccc2sc(CO)c(Br)c2c1. The van der Waals surface area contributed by atoms with Crippen LogP contribution >= 0.6 is 27.3 Å². The van der Waals surface area contributed by atoms with Crippen molar-refractivity contribution in [2.24, 2.45) is 0 Å². The van der Waals surface area contributed by atoms with Crippen LogP contribution in [-0.4, -0.2) is 5.11 Å². The fraction of sp³-hybridized carbons (Fsp3) is 0.111. The van der Waals surface area contributed by atoms with Gasteiger partial charge < -0.3 is 10.8 Å². The van der Waals surface area contributed by atoms with E-state index >= 15 is 0 Å². The largest absolute Gasteiger partial charge is 0.399 e. The van der Waals surface area contributed by atoms with Gasteiger partial charge in [-0.05, 0) is 34.1 Å². The van der Waals surface area contributed by atoms with Crippen molar-refractivity contribution < 1.29 is 5.11 Å². The molecule has 0 aliphatic rings. The molecule has 0 saturated carbocycles. The molecule has 0 bridgehead atoms. The zero-order chi connectivity index (χ0) is 9.42. The van der Waals surface area contributed by atoms with Crippen LogP contribution in [0, 0.1) is 0 Å². The van der Waals surface area contributed by atoms with Gasteiger partial charge in [0, 0.05) is 25.1 Å². The monoisotopic (exact) mass is 257 g/mol. The van der Waals surface area contributed by atoms with Crippen LogP contribution in [0.25, 0.3) is 10.1 Å². The van der Waals surface area contributed by atoms with Crippen LogP contribution in [0.3, 0.4) is 0 Å². The van der Waals surface area contributed by atoms with Crippen molar-refractivity contribution in [3.8, 4) is 0 Å².